The molecule has 11 nitrogen and oxygen atoms in total. The standard InChI is InChI=1S/C37H52IN5O6/c1-24(2)15-26(17-32(44)43-48)34(46)42-31(16-27-20-39-30-10-8-7-9-29(27)30)35(47)41-21-37(5,6)23-49-22-36(3,4)18-33(45)40-19-25-11-13-28(38)14-12-25/h7-14,20,24,26,31,39,48H,15-19,21-23H2,1-6H3,(H,40,45)(H,41,47)(H,42,46)(H,43,44)/t26-,31+/m1/s1. The van der Waals surface area contributed by atoms with Crippen LogP contribution >= 0.6 is 22.6 Å². The van der Waals surface area contributed by atoms with Crippen LogP contribution in [0.1, 0.15) is 71.9 Å². The summed E-state index contributed by atoms with van der Waals surface area (Å²) in [5.41, 5.74) is 3.59. The Hall–Kier alpha value is -3.49. The molecule has 49 heavy (non-hydrogen) atoms. The zero-order chi connectivity index (χ0) is 36.2. The summed E-state index contributed by atoms with van der Waals surface area (Å²) in [6.07, 6.45) is 2.59. The van der Waals surface area contributed by atoms with Gasteiger partial charge in [0.25, 0.3) is 0 Å². The highest BCUT2D eigenvalue weighted by molar-refractivity contribution is 14.1. The van der Waals surface area contributed by atoms with Gasteiger partial charge in [0.2, 0.25) is 23.6 Å². The Labute approximate surface area is 303 Å². The highest BCUT2D eigenvalue weighted by Gasteiger charge is 2.30. The zero-order valence-electron chi connectivity index (χ0n) is 29.5. The van der Waals surface area contributed by atoms with Crippen molar-refractivity contribution in [2.24, 2.45) is 22.7 Å². The predicted molar refractivity (Wildman–Crippen MR) is 198 cm³/mol. The van der Waals surface area contributed by atoms with E-state index in [2.05, 4.69) is 43.5 Å². The van der Waals surface area contributed by atoms with E-state index in [9.17, 15) is 19.2 Å². The molecule has 0 radical (unpaired) electrons. The minimum atomic E-state index is -0.910. The maximum absolute atomic E-state index is 13.7. The minimum Gasteiger partial charge on any atom is -0.380 e. The number of hydrogen-bond donors (Lipinski definition) is 6. The smallest absolute Gasteiger partial charge is 0.244 e. The number of para-hydroxylation sites is 1. The Balaban J connectivity index is 1.59. The van der Waals surface area contributed by atoms with Crippen LogP contribution in [0.4, 0.5) is 0 Å². The second kappa shape index (κ2) is 18.5. The van der Waals surface area contributed by atoms with Gasteiger partial charge in [-0.2, -0.15) is 0 Å². The molecular formula is C37H52IN5O6. The number of carbonyl (C=O) groups is 4. The molecule has 0 fully saturated rings. The van der Waals surface area contributed by atoms with E-state index >= 15 is 0 Å². The lowest BCUT2D eigenvalue weighted by molar-refractivity contribution is -0.136. The van der Waals surface area contributed by atoms with Crippen LogP contribution < -0.4 is 21.4 Å². The number of rotatable bonds is 19. The van der Waals surface area contributed by atoms with Crippen molar-refractivity contribution in [3.8, 4) is 0 Å². The first kappa shape index (κ1) is 39.9. The van der Waals surface area contributed by atoms with Crippen molar-refractivity contribution in [1.82, 2.24) is 26.4 Å². The molecule has 0 saturated heterocycles. The number of aromatic amines is 1. The number of hydrogen-bond acceptors (Lipinski definition) is 6. The third-order valence-corrected chi connectivity index (χ3v) is 8.90. The van der Waals surface area contributed by atoms with Crippen LogP contribution in [0.2, 0.25) is 0 Å². The first-order valence-corrected chi connectivity index (χ1v) is 17.8. The summed E-state index contributed by atoms with van der Waals surface area (Å²) in [7, 11) is 0. The Morgan fingerprint density at radius 3 is 2.24 bits per heavy atom. The summed E-state index contributed by atoms with van der Waals surface area (Å²) in [5, 5.41) is 18.9. The molecule has 3 aromatic rings. The fraction of sp³-hybridized carbons (Fsp3) is 0.514. The lowest BCUT2D eigenvalue weighted by Crippen LogP contribution is -2.52. The van der Waals surface area contributed by atoms with Crippen molar-refractivity contribution in [1.29, 1.82) is 0 Å². The number of carbonyl (C=O) groups excluding carboxylic acids is 4. The number of benzene rings is 2. The van der Waals surface area contributed by atoms with Gasteiger partial charge < -0.3 is 25.7 Å². The van der Waals surface area contributed by atoms with E-state index in [0.717, 1.165) is 25.6 Å². The van der Waals surface area contributed by atoms with Crippen LogP contribution in [0.15, 0.2) is 54.7 Å². The van der Waals surface area contributed by atoms with Gasteiger partial charge in [-0.15, -0.1) is 0 Å². The summed E-state index contributed by atoms with van der Waals surface area (Å²) in [6.45, 7) is 13.3. The van der Waals surface area contributed by atoms with Crippen LogP contribution in [0, 0.1) is 26.2 Å². The molecule has 1 heterocycles. The largest absolute Gasteiger partial charge is 0.380 e. The van der Waals surface area contributed by atoms with E-state index in [4.69, 9.17) is 9.94 Å². The maximum Gasteiger partial charge on any atom is 0.244 e. The second-order valence-electron chi connectivity index (χ2n) is 14.8. The van der Waals surface area contributed by atoms with E-state index in [1.54, 1.807) is 5.48 Å². The summed E-state index contributed by atoms with van der Waals surface area (Å²) in [5.74, 6) is -2.10. The zero-order valence-corrected chi connectivity index (χ0v) is 31.6. The van der Waals surface area contributed by atoms with Gasteiger partial charge in [0.1, 0.15) is 6.04 Å². The van der Waals surface area contributed by atoms with E-state index in [-0.39, 0.29) is 37.1 Å². The summed E-state index contributed by atoms with van der Waals surface area (Å²) in [4.78, 5) is 55.0. The van der Waals surface area contributed by atoms with Gasteiger partial charge in [0, 0.05) is 64.4 Å². The minimum absolute atomic E-state index is 0.0467. The first-order chi connectivity index (χ1) is 23.1. The molecular weight excluding hydrogens is 737 g/mol. The molecule has 0 unspecified atom stereocenters. The molecule has 2 atom stereocenters. The number of hydroxylamine groups is 1. The van der Waals surface area contributed by atoms with Gasteiger partial charge in [-0.25, -0.2) is 5.48 Å². The third kappa shape index (κ3) is 13.7. The van der Waals surface area contributed by atoms with Gasteiger partial charge in [-0.05, 0) is 69.7 Å². The maximum atomic E-state index is 13.7. The lowest BCUT2D eigenvalue weighted by Gasteiger charge is -2.30. The SMILES string of the molecule is CC(C)C[C@H](CC(=O)NO)C(=O)N[C@@H](Cc1c[nH]c2ccccc12)C(=O)NCC(C)(C)COCC(C)(C)CC(=O)NCc1ccc(I)cc1. The fourth-order valence-electron chi connectivity index (χ4n) is 5.60. The molecule has 12 heteroatoms. The molecule has 6 N–H and O–H groups in total. The number of amides is 4. The topological polar surface area (TPSA) is 162 Å². The Kier molecular flexibility index (Phi) is 15.1. The number of nitrogens with one attached hydrogen (secondary N) is 5. The van der Waals surface area contributed by atoms with Crippen molar-refractivity contribution in [2.45, 2.75) is 79.8 Å². The molecule has 0 saturated carbocycles. The highest BCUT2D eigenvalue weighted by atomic mass is 127. The number of ether oxygens (including phenoxy) is 1. The third-order valence-electron chi connectivity index (χ3n) is 8.18. The van der Waals surface area contributed by atoms with Crippen molar-refractivity contribution in [2.75, 3.05) is 19.8 Å². The molecule has 0 aliphatic heterocycles. The van der Waals surface area contributed by atoms with Gasteiger partial charge in [-0.3, -0.25) is 24.4 Å². The van der Waals surface area contributed by atoms with Crippen LogP contribution in [-0.2, 0) is 36.9 Å². The second-order valence-corrected chi connectivity index (χ2v) is 16.1. The molecule has 0 aliphatic carbocycles. The summed E-state index contributed by atoms with van der Waals surface area (Å²) >= 11 is 2.25. The molecule has 0 aliphatic rings. The predicted octanol–water partition coefficient (Wildman–Crippen LogP) is 5.25. The molecule has 268 valence electrons. The normalized spacial score (nSPS) is 13.2. The molecule has 0 bridgehead atoms. The Morgan fingerprint density at radius 2 is 1.57 bits per heavy atom. The number of fused-ring (bicyclic) bond motifs is 1. The summed E-state index contributed by atoms with van der Waals surface area (Å²) < 4.78 is 7.22. The van der Waals surface area contributed by atoms with Crippen molar-refractivity contribution >= 4 is 57.1 Å². The van der Waals surface area contributed by atoms with Crippen molar-refractivity contribution < 1.29 is 29.1 Å². The van der Waals surface area contributed by atoms with Crippen LogP contribution in [0.5, 0.6) is 0 Å². The van der Waals surface area contributed by atoms with Crippen LogP contribution in [0.3, 0.4) is 0 Å². The Morgan fingerprint density at radius 1 is 0.898 bits per heavy atom. The monoisotopic (exact) mass is 789 g/mol. The van der Waals surface area contributed by atoms with Crippen molar-refractivity contribution in [3.63, 3.8) is 0 Å². The van der Waals surface area contributed by atoms with E-state index < -0.39 is 34.6 Å². The molecule has 0 spiro atoms. The highest BCUT2D eigenvalue weighted by Crippen LogP contribution is 2.24. The van der Waals surface area contributed by atoms with Crippen LogP contribution in [0.25, 0.3) is 10.9 Å². The van der Waals surface area contributed by atoms with E-state index in [0.29, 0.717) is 32.6 Å². The number of halogens is 1. The number of H-pyrrole nitrogens is 1. The van der Waals surface area contributed by atoms with Gasteiger partial charge in [0.05, 0.1) is 13.2 Å². The number of aromatic nitrogens is 1. The average molecular weight is 790 g/mol. The summed E-state index contributed by atoms with van der Waals surface area (Å²) in [6, 6.07) is 14.8. The van der Waals surface area contributed by atoms with Gasteiger partial charge in [0.15, 0.2) is 0 Å². The quantitative estimate of drug-likeness (QED) is 0.0553. The fourth-order valence-corrected chi connectivity index (χ4v) is 5.96. The Bertz CT molecular complexity index is 1550. The van der Waals surface area contributed by atoms with E-state index in [1.165, 1.54) is 0 Å². The first-order valence-electron chi connectivity index (χ1n) is 16.7. The average Bonchev–Trinajstić information content (AvgIpc) is 3.44. The van der Waals surface area contributed by atoms with E-state index in [1.807, 2.05) is 96.3 Å². The molecule has 4 amide bonds. The van der Waals surface area contributed by atoms with Gasteiger partial charge >= 0.3 is 0 Å². The molecule has 2 aromatic carbocycles. The van der Waals surface area contributed by atoms with Gasteiger partial charge in [-0.1, -0.05) is 71.9 Å². The van der Waals surface area contributed by atoms with Crippen molar-refractivity contribution in [3.05, 3.63) is 69.4 Å². The lowest BCUT2D eigenvalue weighted by atomic mass is 9.89. The molecule has 3 rings (SSSR count). The van der Waals surface area contributed by atoms with Crippen LogP contribution in [-0.4, -0.2) is 59.6 Å². The molecule has 1 aromatic heterocycles.